The molecule has 0 bridgehead atoms. The molecule has 1 saturated heterocycles. The van der Waals surface area contributed by atoms with Gasteiger partial charge >= 0.3 is 0 Å². The number of nitrogens with zero attached hydrogens (tertiary/aromatic N) is 2. The van der Waals surface area contributed by atoms with Crippen molar-refractivity contribution >= 4 is 5.69 Å². The molecule has 0 spiro atoms. The number of ether oxygens (including phenoxy) is 2. The Hall–Kier alpha value is -1.30. The molecule has 21 heavy (non-hydrogen) atoms. The molecule has 1 aromatic carbocycles. The van der Waals surface area contributed by atoms with Crippen molar-refractivity contribution in [2.75, 3.05) is 57.9 Å². The maximum atomic E-state index is 5.86. The highest BCUT2D eigenvalue weighted by molar-refractivity contribution is 5.49. The predicted molar refractivity (Wildman–Crippen MR) is 86.1 cm³/mol. The van der Waals surface area contributed by atoms with E-state index in [1.165, 1.54) is 5.69 Å². The molecule has 1 heterocycles. The van der Waals surface area contributed by atoms with Gasteiger partial charge in [0.15, 0.2) is 0 Å². The standard InChI is InChI=1S/C16H27N3O2/c1-14(17)13-18-7-9-19(10-8-18)15-3-5-16(6-4-15)21-12-11-20-2/h3-6,14H,7-13,17H2,1-2H3. The van der Waals surface area contributed by atoms with Crippen LogP contribution in [-0.2, 0) is 4.74 Å². The molecule has 0 aromatic heterocycles. The van der Waals surface area contributed by atoms with Gasteiger partial charge in [0.1, 0.15) is 12.4 Å². The summed E-state index contributed by atoms with van der Waals surface area (Å²) in [4.78, 5) is 4.85. The van der Waals surface area contributed by atoms with E-state index in [1.807, 2.05) is 12.1 Å². The molecule has 0 saturated carbocycles. The summed E-state index contributed by atoms with van der Waals surface area (Å²) < 4.78 is 10.6. The number of piperazine rings is 1. The van der Waals surface area contributed by atoms with Crippen LogP contribution in [-0.4, -0.2) is 64.0 Å². The van der Waals surface area contributed by atoms with E-state index in [1.54, 1.807) is 7.11 Å². The third kappa shape index (κ3) is 5.19. The molecule has 0 amide bonds. The van der Waals surface area contributed by atoms with Gasteiger partial charge in [-0.2, -0.15) is 0 Å². The average Bonchev–Trinajstić information content (AvgIpc) is 2.49. The number of methoxy groups -OCH3 is 1. The third-order valence-corrected chi connectivity index (χ3v) is 3.68. The maximum Gasteiger partial charge on any atom is 0.119 e. The van der Waals surface area contributed by atoms with E-state index >= 15 is 0 Å². The van der Waals surface area contributed by atoms with E-state index < -0.39 is 0 Å². The minimum atomic E-state index is 0.250. The van der Waals surface area contributed by atoms with Crippen LogP contribution in [0.3, 0.4) is 0 Å². The van der Waals surface area contributed by atoms with Crippen LogP contribution in [0.4, 0.5) is 5.69 Å². The average molecular weight is 293 g/mol. The highest BCUT2D eigenvalue weighted by Gasteiger charge is 2.17. The van der Waals surface area contributed by atoms with Crippen molar-refractivity contribution in [3.05, 3.63) is 24.3 Å². The molecule has 1 aromatic rings. The first-order valence-corrected chi connectivity index (χ1v) is 7.63. The van der Waals surface area contributed by atoms with E-state index in [-0.39, 0.29) is 6.04 Å². The SMILES string of the molecule is COCCOc1ccc(N2CCN(CC(C)N)CC2)cc1. The fraction of sp³-hybridized carbons (Fsp3) is 0.625. The molecular weight excluding hydrogens is 266 g/mol. The normalized spacial score (nSPS) is 17.8. The van der Waals surface area contributed by atoms with E-state index in [4.69, 9.17) is 15.2 Å². The molecular formula is C16H27N3O2. The molecule has 0 radical (unpaired) electrons. The summed E-state index contributed by atoms with van der Waals surface area (Å²) in [7, 11) is 1.68. The topological polar surface area (TPSA) is 51.0 Å². The molecule has 1 fully saturated rings. The van der Waals surface area contributed by atoms with Crippen LogP contribution in [0.15, 0.2) is 24.3 Å². The number of hydrogen-bond donors (Lipinski definition) is 1. The highest BCUT2D eigenvalue weighted by Crippen LogP contribution is 2.20. The zero-order valence-electron chi connectivity index (χ0n) is 13.1. The van der Waals surface area contributed by atoms with Crippen LogP contribution < -0.4 is 15.4 Å². The number of rotatable bonds is 7. The van der Waals surface area contributed by atoms with Crippen LogP contribution in [0, 0.1) is 0 Å². The lowest BCUT2D eigenvalue weighted by molar-refractivity contribution is 0.146. The van der Waals surface area contributed by atoms with Crippen LogP contribution in [0.25, 0.3) is 0 Å². The minimum absolute atomic E-state index is 0.250. The summed E-state index contributed by atoms with van der Waals surface area (Å²) >= 11 is 0. The molecule has 1 aliphatic rings. The summed E-state index contributed by atoms with van der Waals surface area (Å²) in [5.41, 5.74) is 7.12. The largest absolute Gasteiger partial charge is 0.491 e. The summed E-state index contributed by atoms with van der Waals surface area (Å²) in [6.07, 6.45) is 0. The molecule has 0 aliphatic carbocycles. The Morgan fingerprint density at radius 3 is 2.33 bits per heavy atom. The number of benzene rings is 1. The fourth-order valence-corrected chi connectivity index (χ4v) is 2.59. The van der Waals surface area contributed by atoms with Crippen molar-refractivity contribution in [2.24, 2.45) is 5.73 Å². The Kier molecular flexibility index (Phi) is 6.29. The van der Waals surface area contributed by atoms with Crippen molar-refractivity contribution in [1.29, 1.82) is 0 Å². The summed E-state index contributed by atoms with van der Waals surface area (Å²) in [6.45, 7) is 8.51. The van der Waals surface area contributed by atoms with Crippen molar-refractivity contribution in [3.63, 3.8) is 0 Å². The van der Waals surface area contributed by atoms with Crippen LogP contribution in [0.2, 0.25) is 0 Å². The molecule has 2 rings (SSSR count). The van der Waals surface area contributed by atoms with Gasteiger partial charge in [-0.15, -0.1) is 0 Å². The lowest BCUT2D eigenvalue weighted by Crippen LogP contribution is -2.49. The fourth-order valence-electron chi connectivity index (χ4n) is 2.59. The Morgan fingerprint density at radius 2 is 1.76 bits per heavy atom. The van der Waals surface area contributed by atoms with Gasteiger partial charge in [0.05, 0.1) is 6.61 Å². The molecule has 1 unspecified atom stereocenters. The van der Waals surface area contributed by atoms with Gasteiger partial charge in [-0.1, -0.05) is 0 Å². The highest BCUT2D eigenvalue weighted by atomic mass is 16.5. The molecule has 2 N–H and O–H groups in total. The van der Waals surface area contributed by atoms with Gasteiger partial charge in [-0.25, -0.2) is 0 Å². The Labute approximate surface area is 127 Å². The third-order valence-electron chi connectivity index (χ3n) is 3.68. The summed E-state index contributed by atoms with van der Waals surface area (Å²) in [6, 6.07) is 8.56. The first-order chi connectivity index (χ1) is 10.2. The zero-order chi connectivity index (χ0) is 15.1. The van der Waals surface area contributed by atoms with Crippen LogP contribution in [0.5, 0.6) is 5.75 Å². The van der Waals surface area contributed by atoms with Crippen molar-refractivity contribution in [3.8, 4) is 5.75 Å². The second kappa shape index (κ2) is 8.22. The molecule has 1 aliphatic heterocycles. The van der Waals surface area contributed by atoms with E-state index in [9.17, 15) is 0 Å². The number of nitrogens with two attached hydrogens (primary N) is 1. The second-order valence-electron chi connectivity index (χ2n) is 5.60. The second-order valence-corrected chi connectivity index (χ2v) is 5.60. The van der Waals surface area contributed by atoms with E-state index in [2.05, 4.69) is 28.9 Å². The Balaban J connectivity index is 1.80. The van der Waals surface area contributed by atoms with Gasteiger partial charge < -0.3 is 20.1 Å². The number of hydrogen-bond acceptors (Lipinski definition) is 5. The Bertz CT molecular complexity index is 400. The molecule has 5 heteroatoms. The van der Waals surface area contributed by atoms with Crippen molar-refractivity contribution in [1.82, 2.24) is 4.90 Å². The summed E-state index contributed by atoms with van der Waals surface area (Å²) in [5.74, 6) is 0.895. The predicted octanol–water partition coefficient (Wildman–Crippen LogP) is 1.18. The van der Waals surface area contributed by atoms with Crippen LogP contribution in [0.1, 0.15) is 6.92 Å². The molecule has 1 atom stereocenters. The zero-order valence-corrected chi connectivity index (χ0v) is 13.1. The van der Waals surface area contributed by atoms with Gasteiger partial charge in [-0.05, 0) is 31.2 Å². The first kappa shape index (κ1) is 16.1. The van der Waals surface area contributed by atoms with E-state index in [0.29, 0.717) is 13.2 Å². The summed E-state index contributed by atoms with van der Waals surface area (Å²) in [5, 5.41) is 0. The van der Waals surface area contributed by atoms with Gasteiger partial charge in [0.2, 0.25) is 0 Å². The maximum absolute atomic E-state index is 5.86. The Morgan fingerprint density at radius 1 is 1.10 bits per heavy atom. The number of anilines is 1. The quantitative estimate of drug-likeness (QED) is 0.765. The molecule has 118 valence electrons. The van der Waals surface area contributed by atoms with Crippen molar-refractivity contribution in [2.45, 2.75) is 13.0 Å². The van der Waals surface area contributed by atoms with Crippen LogP contribution >= 0.6 is 0 Å². The van der Waals surface area contributed by atoms with E-state index in [0.717, 1.165) is 38.5 Å². The smallest absolute Gasteiger partial charge is 0.119 e. The monoisotopic (exact) mass is 293 g/mol. The van der Waals surface area contributed by atoms with Gasteiger partial charge in [0.25, 0.3) is 0 Å². The lowest BCUT2D eigenvalue weighted by atomic mass is 10.2. The first-order valence-electron chi connectivity index (χ1n) is 7.63. The minimum Gasteiger partial charge on any atom is -0.491 e. The van der Waals surface area contributed by atoms with Gasteiger partial charge in [-0.3, -0.25) is 4.90 Å². The lowest BCUT2D eigenvalue weighted by Gasteiger charge is -2.36. The van der Waals surface area contributed by atoms with Gasteiger partial charge in [0, 0.05) is 51.6 Å². The van der Waals surface area contributed by atoms with Crippen molar-refractivity contribution < 1.29 is 9.47 Å². The molecule has 5 nitrogen and oxygen atoms in total.